The van der Waals surface area contributed by atoms with Crippen LogP contribution in [0, 0.1) is 0 Å². The van der Waals surface area contributed by atoms with E-state index in [4.69, 9.17) is 5.73 Å². The molecule has 0 rings (SSSR count). The van der Waals surface area contributed by atoms with Crippen LogP contribution < -0.4 is 5.73 Å². The van der Waals surface area contributed by atoms with Gasteiger partial charge in [-0.1, -0.05) is 70.4 Å². The van der Waals surface area contributed by atoms with E-state index < -0.39 is 0 Å². The molecule has 0 saturated heterocycles. The van der Waals surface area contributed by atoms with E-state index >= 15 is 0 Å². The number of nitrogens with two attached hydrogens (primary N) is 1. The zero-order valence-electron chi connectivity index (χ0n) is 13.5. The second-order valence-electron chi connectivity index (χ2n) is 5.80. The molecule has 0 spiro atoms. The Kier molecular flexibility index (Phi) is 22.3. The van der Waals surface area contributed by atoms with Crippen molar-refractivity contribution in [3.8, 4) is 0 Å². The molecule has 0 aromatic heterocycles. The van der Waals surface area contributed by atoms with Crippen LogP contribution in [0.2, 0.25) is 0 Å². The van der Waals surface area contributed by atoms with Crippen LogP contribution in [0.4, 0.5) is 0 Å². The first kappa shape index (κ1) is 23.3. The van der Waals surface area contributed by atoms with Crippen LogP contribution in [0.3, 0.4) is 0 Å². The van der Waals surface area contributed by atoms with Crippen LogP contribution in [0.15, 0.2) is 12.2 Å². The molecule has 0 aliphatic carbocycles. The minimum absolute atomic E-state index is 0. The van der Waals surface area contributed by atoms with Gasteiger partial charge in [0, 0.05) is 6.42 Å². The first-order valence-corrected chi connectivity index (χ1v) is 8.70. The van der Waals surface area contributed by atoms with Crippen molar-refractivity contribution < 1.29 is 4.79 Å². The first-order chi connectivity index (χ1) is 9.77. The molecule has 2 N–H and O–H groups in total. The normalized spacial score (nSPS) is 10.7. The van der Waals surface area contributed by atoms with E-state index in [0.29, 0.717) is 6.42 Å². The first-order valence-electron chi connectivity index (χ1n) is 8.70. The van der Waals surface area contributed by atoms with Crippen molar-refractivity contribution in [2.75, 3.05) is 0 Å². The Morgan fingerprint density at radius 3 is 1.67 bits per heavy atom. The van der Waals surface area contributed by atoms with Gasteiger partial charge in [-0.2, -0.15) is 0 Å². The summed E-state index contributed by atoms with van der Waals surface area (Å²) < 4.78 is 0. The van der Waals surface area contributed by atoms with Gasteiger partial charge >= 0.3 is 25.8 Å². The predicted molar refractivity (Wildman–Crippen MR) is 98.6 cm³/mol. The molecule has 21 heavy (non-hydrogen) atoms. The van der Waals surface area contributed by atoms with Crippen LogP contribution in [-0.2, 0) is 4.79 Å². The van der Waals surface area contributed by atoms with Gasteiger partial charge in [-0.15, -0.1) is 0 Å². The van der Waals surface area contributed by atoms with Crippen molar-refractivity contribution in [2.24, 2.45) is 5.73 Å². The molecule has 0 heterocycles. The zero-order valence-corrected chi connectivity index (χ0v) is 13.5. The monoisotopic (exact) mass is 399 g/mol. The number of allylic oxidation sites excluding steroid dienone is 2. The standard InChI is InChI=1S/C18H35NO.In.3H/c1-2-3-4-5-6-7-8-9-10-11-12-13-14-15-16-17-18(19)20;;;;/h9-10H,2-8,11-17H2,1H3,(H2,19,20);;;;/b10-9-;;;;. The molecular formula is C18H38InNO. The van der Waals surface area contributed by atoms with Gasteiger partial charge in [-0.3, -0.25) is 4.79 Å². The Hall–Kier alpha value is 0.0801. The quantitative estimate of drug-likeness (QED) is 0.323. The molecule has 0 aliphatic rings. The molecule has 0 aromatic carbocycles. The van der Waals surface area contributed by atoms with Crippen LogP contribution in [-0.4, -0.2) is 31.8 Å². The van der Waals surface area contributed by atoms with Crippen LogP contribution in [0.5, 0.6) is 0 Å². The van der Waals surface area contributed by atoms with Crippen LogP contribution in [0.25, 0.3) is 0 Å². The second kappa shape index (κ2) is 20.1. The molecule has 0 aromatic rings. The van der Waals surface area contributed by atoms with Gasteiger partial charge in [-0.05, 0) is 32.1 Å². The summed E-state index contributed by atoms with van der Waals surface area (Å²) in [6, 6.07) is 0. The molecule has 0 atom stereocenters. The molecule has 1 amide bonds. The van der Waals surface area contributed by atoms with E-state index in [-0.39, 0.29) is 31.8 Å². The number of carbonyl (C=O) groups is 1. The minimum atomic E-state index is -0.164. The van der Waals surface area contributed by atoms with E-state index in [1.165, 1.54) is 70.6 Å². The van der Waals surface area contributed by atoms with Crippen molar-refractivity contribution in [2.45, 2.75) is 96.8 Å². The number of amides is 1. The van der Waals surface area contributed by atoms with Gasteiger partial charge in [0.2, 0.25) is 5.91 Å². The summed E-state index contributed by atoms with van der Waals surface area (Å²) >= 11 is 0. The van der Waals surface area contributed by atoms with E-state index in [0.717, 1.165) is 12.8 Å². The third-order valence-corrected chi connectivity index (χ3v) is 3.68. The summed E-state index contributed by atoms with van der Waals surface area (Å²) in [7, 11) is 0. The van der Waals surface area contributed by atoms with E-state index in [1.807, 2.05) is 0 Å². The fourth-order valence-electron chi connectivity index (χ4n) is 2.37. The Balaban J connectivity index is 0. The Labute approximate surface area is 151 Å². The molecule has 0 unspecified atom stereocenters. The van der Waals surface area contributed by atoms with E-state index in [2.05, 4.69) is 19.1 Å². The number of unbranched alkanes of at least 4 members (excludes halogenated alkanes) is 11. The fraction of sp³-hybridized carbons (Fsp3) is 0.833. The van der Waals surface area contributed by atoms with Crippen LogP contribution >= 0.6 is 0 Å². The number of hydrogen-bond acceptors (Lipinski definition) is 1. The number of hydrogen-bond donors (Lipinski definition) is 1. The average molecular weight is 399 g/mol. The molecule has 3 heteroatoms. The number of rotatable bonds is 15. The SMILES string of the molecule is CCCCCCCC/C=C\CCCCCCCC(N)=O.[InH3]. The maximum absolute atomic E-state index is 10.5. The predicted octanol–water partition coefficient (Wildman–Crippen LogP) is 4.33. The van der Waals surface area contributed by atoms with Gasteiger partial charge in [0.05, 0.1) is 0 Å². The molecule has 124 valence electrons. The van der Waals surface area contributed by atoms with Gasteiger partial charge in [-0.25, -0.2) is 0 Å². The number of carbonyl (C=O) groups excluding carboxylic acids is 1. The Bertz CT molecular complexity index is 241. The number of primary amides is 1. The topological polar surface area (TPSA) is 43.1 Å². The van der Waals surface area contributed by atoms with Crippen molar-refractivity contribution in [3.63, 3.8) is 0 Å². The third-order valence-electron chi connectivity index (χ3n) is 3.68. The second-order valence-corrected chi connectivity index (χ2v) is 5.80. The fourth-order valence-corrected chi connectivity index (χ4v) is 2.37. The van der Waals surface area contributed by atoms with Crippen molar-refractivity contribution in [1.29, 1.82) is 0 Å². The molecule has 0 aliphatic heterocycles. The summed E-state index contributed by atoms with van der Waals surface area (Å²) in [5, 5.41) is 0. The average Bonchev–Trinajstić information content (AvgIpc) is 2.43. The Morgan fingerprint density at radius 2 is 1.19 bits per heavy atom. The molecule has 0 saturated carbocycles. The van der Waals surface area contributed by atoms with Crippen molar-refractivity contribution in [3.05, 3.63) is 12.2 Å². The van der Waals surface area contributed by atoms with E-state index in [1.54, 1.807) is 0 Å². The summed E-state index contributed by atoms with van der Waals surface area (Å²) in [4.78, 5) is 10.5. The molecule has 0 fully saturated rings. The summed E-state index contributed by atoms with van der Waals surface area (Å²) in [6.45, 7) is 2.26. The molecular weight excluding hydrogens is 361 g/mol. The van der Waals surface area contributed by atoms with Crippen molar-refractivity contribution in [1.82, 2.24) is 0 Å². The maximum atomic E-state index is 10.5. The zero-order chi connectivity index (χ0) is 14.9. The van der Waals surface area contributed by atoms with Gasteiger partial charge in [0.25, 0.3) is 0 Å². The summed E-state index contributed by atoms with van der Waals surface area (Å²) in [6.07, 6.45) is 21.9. The molecule has 0 bridgehead atoms. The Morgan fingerprint density at radius 1 is 0.762 bits per heavy atom. The van der Waals surface area contributed by atoms with Gasteiger partial charge < -0.3 is 5.73 Å². The molecule has 2 nitrogen and oxygen atoms in total. The van der Waals surface area contributed by atoms with Gasteiger partial charge in [0.1, 0.15) is 0 Å². The van der Waals surface area contributed by atoms with Crippen molar-refractivity contribution >= 4 is 31.8 Å². The van der Waals surface area contributed by atoms with Crippen LogP contribution in [0.1, 0.15) is 96.8 Å². The third kappa shape index (κ3) is 22.5. The van der Waals surface area contributed by atoms with E-state index in [9.17, 15) is 4.79 Å². The summed E-state index contributed by atoms with van der Waals surface area (Å²) in [5.74, 6) is -0.164. The van der Waals surface area contributed by atoms with Gasteiger partial charge in [0.15, 0.2) is 0 Å². The summed E-state index contributed by atoms with van der Waals surface area (Å²) in [5.41, 5.74) is 5.10. The molecule has 0 radical (unpaired) electrons.